The van der Waals surface area contributed by atoms with Crippen LogP contribution >= 0.6 is 0 Å². The number of hydrogen-bond donors (Lipinski definition) is 2. The number of non-ortho nitro benzene ring substituents is 1. The lowest BCUT2D eigenvalue weighted by Gasteiger charge is -2.12. The number of nitro groups is 1. The Kier molecular flexibility index (Phi) is 8.03. The Morgan fingerprint density at radius 3 is 2.57 bits per heavy atom. The minimum Gasteiger partial charge on any atom is -0.493 e. The van der Waals surface area contributed by atoms with Crippen molar-refractivity contribution in [1.82, 2.24) is 10.6 Å². The van der Waals surface area contributed by atoms with Gasteiger partial charge in [-0.25, -0.2) is 0 Å². The topological polar surface area (TPSA) is 120 Å². The van der Waals surface area contributed by atoms with Crippen LogP contribution in [0.5, 0.6) is 11.5 Å². The van der Waals surface area contributed by atoms with Gasteiger partial charge in [-0.2, -0.15) is 8.78 Å². The summed E-state index contributed by atoms with van der Waals surface area (Å²) < 4.78 is 34.0. The van der Waals surface area contributed by atoms with Crippen molar-refractivity contribution in [2.24, 2.45) is 0 Å². The average Bonchev–Trinajstić information content (AvgIpc) is 2.72. The average molecular weight is 423 g/mol. The molecule has 0 aliphatic rings. The van der Waals surface area contributed by atoms with E-state index in [2.05, 4.69) is 15.4 Å². The van der Waals surface area contributed by atoms with Crippen molar-refractivity contribution in [2.45, 2.75) is 13.0 Å². The number of carbonyl (C=O) groups excluding carboxylic acids is 2. The van der Waals surface area contributed by atoms with Gasteiger partial charge in [0.15, 0.2) is 11.5 Å². The number of rotatable bonds is 10. The third kappa shape index (κ3) is 6.69. The monoisotopic (exact) mass is 423 g/mol. The third-order valence-electron chi connectivity index (χ3n) is 3.91. The van der Waals surface area contributed by atoms with Gasteiger partial charge in [-0.3, -0.25) is 19.7 Å². The van der Waals surface area contributed by atoms with Crippen molar-refractivity contribution in [3.05, 3.63) is 63.7 Å². The zero-order chi connectivity index (χ0) is 22.1. The van der Waals surface area contributed by atoms with Crippen molar-refractivity contribution in [1.29, 1.82) is 0 Å². The number of hydrogen-bond acceptors (Lipinski definition) is 6. The Hall–Kier alpha value is -3.76. The molecular formula is C19H19F2N3O6. The summed E-state index contributed by atoms with van der Waals surface area (Å²) in [7, 11) is 1.32. The molecule has 11 heteroatoms. The van der Waals surface area contributed by atoms with E-state index in [-0.39, 0.29) is 35.8 Å². The molecule has 0 bridgehead atoms. The van der Waals surface area contributed by atoms with E-state index in [1.807, 2.05) is 0 Å². The molecule has 2 rings (SSSR count). The van der Waals surface area contributed by atoms with Gasteiger partial charge >= 0.3 is 6.61 Å². The van der Waals surface area contributed by atoms with Crippen LogP contribution in [-0.4, -0.2) is 43.5 Å². The molecule has 0 heterocycles. The van der Waals surface area contributed by atoms with Crippen LogP contribution in [0.1, 0.15) is 15.9 Å². The van der Waals surface area contributed by atoms with E-state index in [0.717, 1.165) is 11.6 Å². The molecule has 30 heavy (non-hydrogen) atoms. The number of halogens is 2. The fraction of sp³-hybridized carbons (Fsp3) is 0.263. The van der Waals surface area contributed by atoms with Gasteiger partial charge < -0.3 is 20.1 Å². The van der Waals surface area contributed by atoms with Crippen LogP contribution in [0.25, 0.3) is 0 Å². The van der Waals surface area contributed by atoms with Gasteiger partial charge in [0.1, 0.15) is 0 Å². The Bertz CT molecular complexity index is 923. The first-order valence-corrected chi connectivity index (χ1v) is 8.71. The quantitative estimate of drug-likeness (QED) is 0.447. The van der Waals surface area contributed by atoms with E-state index in [1.54, 1.807) is 6.07 Å². The first-order chi connectivity index (χ1) is 14.3. The van der Waals surface area contributed by atoms with E-state index in [0.29, 0.717) is 6.42 Å². The van der Waals surface area contributed by atoms with E-state index in [1.165, 1.54) is 37.4 Å². The van der Waals surface area contributed by atoms with E-state index >= 15 is 0 Å². The molecule has 2 N–H and O–H groups in total. The molecule has 160 valence electrons. The van der Waals surface area contributed by atoms with E-state index < -0.39 is 23.3 Å². The molecule has 2 aromatic rings. The highest BCUT2D eigenvalue weighted by Crippen LogP contribution is 2.29. The molecular weight excluding hydrogens is 404 g/mol. The Morgan fingerprint density at radius 2 is 1.90 bits per heavy atom. The van der Waals surface area contributed by atoms with Gasteiger partial charge in [0.05, 0.1) is 18.6 Å². The normalized spacial score (nSPS) is 10.4. The third-order valence-corrected chi connectivity index (χ3v) is 3.91. The predicted octanol–water partition coefficient (Wildman–Crippen LogP) is 2.29. The molecule has 0 atom stereocenters. The van der Waals surface area contributed by atoms with Crippen LogP contribution in [0.4, 0.5) is 14.5 Å². The molecule has 0 fully saturated rings. The number of alkyl halides is 2. The lowest BCUT2D eigenvalue weighted by molar-refractivity contribution is -0.384. The van der Waals surface area contributed by atoms with Gasteiger partial charge in [0, 0.05) is 24.2 Å². The van der Waals surface area contributed by atoms with Gasteiger partial charge in [-0.1, -0.05) is 12.1 Å². The molecule has 0 aliphatic heterocycles. The highest BCUT2D eigenvalue weighted by molar-refractivity contribution is 5.96. The van der Waals surface area contributed by atoms with Gasteiger partial charge in [0.2, 0.25) is 5.91 Å². The summed E-state index contributed by atoms with van der Waals surface area (Å²) in [6, 6.07) is 9.58. The molecule has 0 radical (unpaired) electrons. The maximum absolute atomic E-state index is 12.3. The summed E-state index contributed by atoms with van der Waals surface area (Å²) >= 11 is 0. The summed E-state index contributed by atoms with van der Waals surface area (Å²) in [5, 5.41) is 15.7. The molecule has 2 aromatic carbocycles. The molecule has 0 saturated heterocycles. The minimum absolute atomic E-state index is 0.0650. The fourth-order valence-corrected chi connectivity index (χ4v) is 2.49. The number of nitro benzene ring substituents is 1. The first kappa shape index (κ1) is 22.5. The van der Waals surface area contributed by atoms with Crippen LogP contribution in [0, 0.1) is 10.1 Å². The maximum atomic E-state index is 12.3. The molecule has 0 aromatic heterocycles. The number of nitrogens with one attached hydrogen (secondary N) is 2. The summed E-state index contributed by atoms with van der Waals surface area (Å²) in [5.41, 5.74) is 0.553. The molecule has 0 unspecified atom stereocenters. The number of amides is 2. The Morgan fingerprint density at radius 1 is 1.13 bits per heavy atom. The highest BCUT2D eigenvalue weighted by Gasteiger charge is 2.13. The molecule has 2 amide bonds. The SMILES string of the molecule is COc1cc(CCNC(=O)CNC(=O)c2cccc([N+](=O)[O-])c2)ccc1OC(F)F. The smallest absolute Gasteiger partial charge is 0.387 e. The molecule has 9 nitrogen and oxygen atoms in total. The zero-order valence-corrected chi connectivity index (χ0v) is 15.9. The molecule has 0 saturated carbocycles. The van der Waals surface area contributed by atoms with Crippen LogP contribution in [0.3, 0.4) is 0 Å². The summed E-state index contributed by atoms with van der Waals surface area (Å²) in [4.78, 5) is 34.0. The minimum atomic E-state index is -2.97. The van der Waals surface area contributed by atoms with Crippen molar-refractivity contribution >= 4 is 17.5 Å². The summed E-state index contributed by atoms with van der Waals surface area (Å²) in [5.74, 6) is -1.03. The number of benzene rings is 2. The van der Waals surface area contributed by atoms with Crippen LogP contribution < -0.4 is 20.1 Å². The predicted molar refractivity (Wildman–Crippen MR) is 102 cm³/mol. The molecule has 0 aliphatic carbocycles. The van der Waals surface area contributed by atoms with Crippen molar-refractivity contribution in [3.63, 3.8) is 0 Å². The highest BCUT2D eigenvalue weighted by atomic mass is 19.3. The number of ether oxygens (including phenoxy) is 2. The van der Waals surface area contributed by atoms with Crippen LogP contribution in [-0.2, 0) is 11.2 Å². The number of nitrogens with zero attached hydrogens (tertiary/aromatic N) is 1. The van der Waals surface area contributed by atoms with Crippen molar-refractivity contribution in [3.8, 4) is 11.5 Å². The molecule has 0 spiro atoms. The lowest BCUT2D eigenvalue weighted by atomic mass is 10.1. The first-order valence-electron chi connectivity index (χ1n) is 8.71. The van der Waals surface area contributed by atoms with Gasteiger partial charge in [-0.15, -0.1) is 0 Å². The second-order valence-corrected chi connectivity index (χ2v) is 5.95. The Balaban J connectivity index is 1.80. The second kappa shape index (κ2) is 10.7. The Labute approximate surface area is 170 Å². The second-order valence-electron chi connectivity index (χ2n) is 5.95. The largest absolute Gasteiger partial charge is 0.493 e. The summed E-state index contributed by atoms with van der Waals surface area (Å²) in [6.07, 6.45) is 0.385. The number of carbonyl (C=O) groups is 2. The van der Waals surface area contributed by atoms with Crippen LogP contribution in [0.2, 0.25) is 0 Å². The van der Waals surface area contributed by atoms with Crippen molar-refractivity contribution in [2.75, 3.05) is 20.2 Å². The maximum Gasteiger partial charge on any atom is 0.387 e. The van der Waals surface area contributed by atoms with Crippen LogP contribution in [0.15, 0.2) is 42.5 Å². The fourth-order valence-electron chi connectivity index (χ4n) is 2.49. The standard InChI is InChI=1S/C19H19F2N3O6/c1-29-16-9-12(5-6-15(16)30-19(20)21)7-8-22-17(25)11-23-18(26)13-3-2-4-14(10-13)24(27)28/h2-6,9-10,19H,7-8,11H2,1H3,(H,22,25)(H,23,26). The van der Waals surface area contributed by atoms with Gasteiger partial charge in [0.25, 0.3) is 11.6 Å². The number of methoxy groups -OCH3 is 1. The van der Waals surface area contributed by atoms with Crippen molar-refractivity contribution < 1.29 is 32.8 Å². The lowest BCUT2D eigenvalue weighted by Crippen LogP contribution is -2.37. The van der Waals surface area contributed by atoms with E-state index in [4.69, 9.17) is 4.74 Å². The van der Waals surface area contributed by atoms with Gasteiger partial charge in [-0.05, 0) is 30.2 Å². The summed E-state index contributed by atoms with van der Waals surface area (Å²) in [6.45, 7) is -3.06. The zero-order valence-electron chi connectivity index (χ0n) is 15.9. The van der Waals surface area contributed by atoms with E-state index in [9.17, 15) is 28.5 Å².